The second-order valence-corrected chi connectivity index (χ2v) is 9.41. The van der Waals surface area contributed by atoms with Gasteiger partial charge in [0.05, 0.1) is 29.0 Å². The molecule has 1 aromatic heterocycles. The lowest BCUT2D eigenvalue weighted by molar-refractivity contribution is -0.122. The van der Waals surface area contributed by atoms with Crippen LogP contribution in [0.3, 0.4) is 0 Å². The summed E-state index contributed by atoms with van der Waals surface area (Å²) in [5.74, 6) is 0.601. The zero-order chi connectivity index (χ0) is 21.1. The van der Waals surface area contributed by atoms with Crippen molar-refractivity contribution in [3.05, 3.63) is 59.9 Å². The molecular formula is C21H25N5O3S. The van der Waals surface area contributed by atoms with Crippen molar-refractivity contribution in [2.75, 3.05) is 32.7 Å². The number of carbonyl (C=O) groups excluding carboxylic acids is 1. The Labute approximate surface area is 176 Å². The lowest BCUT2D eigenvalue weighted by Crippen LogP contribution is -2.51. The molecule has 1 amide bonds. The van der Waals surface area contributed by atoms with E-state index in [4.69, 9.17) is 0 Å². The van der Waals surface area contributed by atoms with Crippen molar-refractivity contribution in [1.82, 2.24) is 24.5 Å². The Morgan fingerprint density at radius 2 is 1.77 bits per heavy atom. The topological polar surface area (TPSA) is 98.4 Å². The summed E-state index contributed by atoms with van der Waals surface area (Å²) in [7, 11) is -3.50. The van der Waals surface area contributed by atoms with Gasteiger partial charge in [-0.2, -0.15) is 4.31 Å². The van der Waals surface area contributed by atoms with Crippen LogP contribution in [0.2, 0.25) is 0 Å². The van der Waals surface area contributed by atoms with E-state index in [0.29, 0.717) is 43.4 Å². The molecule has 1 fully saturated rings. The van der Waals surface area contributed by atoms with Gasteiger partial charge in [-0.25, -0.2) is 13.4 Å². The van der Waals surface area contributed by atoms with E-state index >= 15 is 0 Å². The molecule has 2 heterocycles. The normalized spacial score (nSPS) is 16.0. The van der Waals surface area contributed by atoms with Gasteiger partial charge in [-0.3, -0.25) is 9.69 Å². The number of hydrogen-bond acceptors (Lipinski definition) is 5. The number of amides is 1. The van der Waals surface area contributed by atoms with Gasteiger partial charge in [0.15, 0.2) is 0 Å². The predicted octanol–water partition coefficient (Wildman–Crippen LogP) is 1.49. The van der Waals surface area contributed by atoms with Crippen LogP contribution in [0.15, 0.2) is 53.4 Å². The number of hydrogen-bond donors (Lipinski definition) is 2. The average molecular weight is 428 g/mol. The Morgan fingerprint density at radius 1 is 1.07 bits per heavy atom. The molecule has 0 atom stereocenters. The summed E-state index contributed by atoms with van der Waals surface area (Å²) < 4.78 is 27.0. The van der Waals surface area contributed by atoms with Crippen LogP contribution < -0.4 is 5.32 Å². The smallest absolute Gasteiger partial charge is 0.243 e. The van der Waals surface area contributed by atoms with E-state index in [1.807, 2.05) is 36.1 Å². The number of nitrogens with one attached hydrogen (secondary N) is 2. The van der Waals surface area contributed by atoms with Gasteiger partial charge in [-0.05, 0) is 31.2 Å². The first kappa shape index (κ1) is 20.5. The number of aryl methyl sites for hydroxylation is 1. The van der Waals surface area contributed by atoms with E-state index in [9.17, 15) is 13.2 Å². The van der Waals surface area contributed by atoms with Crippen LogP contribution in [-0.4, -0.2) is 66.2 Å². The third-order valence-corrected chi connectivity index (χ3v) is 7.16. The van der Waals surface area contributed by atoms with E-state index in [-0.39, 0.29) is 12.5 Å². The highest BCUT2D eigenvalue weighted by Gasteiger charge is 2.28. The summed E-state index contributed by atoms with van der Waals surface area (Å²) in [5, 5.41) is 2.87. The van der Waals surface area contributed by atoms with Crippen molar-refractivity contribution < 1.29 is 13.2 Å². The van der Waals surface area contributed by atoms with Crippen LogP contribution in [0.5, 0.6) is 0 Å². The number of imidazole rings is 1. The van der Waals surface area contributed by atoms with Crippen molar-refractivity contribution in [2.24, 2.45) is 0 Å². The van der Waals surface area contributed by atoms with Crippen LogP contribution in [0, 0.1) is 6.92 Å². The minimum atomic E-state index is -3.50. The van der Waals surface area contributed by atoms with E-state index < -0.39 is 10.0 Å². The van der Waals surface area contributed by atoms with Gasteiger partial charge in [-0.15, -0.1) is 0 Å². The van der Waals surface area contributed by atoms with Crippen molar-refractivity contribution in [2.45, 2.75) is 18.4 Å². The average Bonchev–Trinajstić information content (AvgIpc) is 3.16. The fourth-order valence-corrected chi connectivity index (χ4v) is 4.94. The molecule has 1 aliphatic rings. The third-order valence-electron chi connectivity index (χ3n) is 5.25. The third kappa shape index (κ3) is 4.53. The molecule has 0 aliphatic carbocycles. The fraction of sp³-hybridized carbons (Fsp3) is 0.333. The van der Waals surface area contributed by atoms with E-state index in [1.165, 1.54) is 4.31 Å². The summed E-state index contributed by atoms with van der Waals surface area (Å²) in [6.07, 6.45) is 0. The molecule has 4 rings (SSSR count). The maximum absolute atomic E-state index is 12.8. The van der Waals surface area contributed by atoms with Gasteiger partial charge in [0.1, 0.15) is 5.82 Å². The molecule has 1 aliphatic heterocycles. The maximum atomic E-state index is 12.8. The molecule has 3 aromatic rings. The number of piperazine rings is 1. The Hall–Kier alpha value is -2.75. The van der Waals surface area contributed by atoms with Crippen LogP contribution in [0.1, 0.15) is 11.4 Å². The monoisotopic (exact) mass is 427 g/mol. The Bertz CT molecular complexity index is 1100. The lowest BCUT2D eigenvalue weighted by Gasteiger charge is -2.33. The fourth-order valence-electron chi connectivity index (χ4n) is 3.52. The second-order valence-electron chi connectivity index (χ2n) is 7.47. The molecule has 0 spiro atoms. The highest BCUT2D eigenvalue weighted by Crippen LogP contribution is 2.18. The zero-order valence-electron chi connectivity index (χ0n) is 16.8. The quantitative estimate of drug-likeness (QED) is 0.621. The highest BCUT2D eigenvalue weighted by molar-refractivity contribution is 7.89. The Kier molecular flexibility index (Phi) is 5.85. The molecule has 0 radical (unpaired) electrons. The molecule has 2 aromatic carbocycles. The summed E-state index contributed by atoms with van der Waals surface area (Å²) in [5.41, 5.74) is 2.83. The van der Waals surface area contributed by atoms with Gasteiger partial charge < -0.3 is 10.3 Å². The minimum Gasteiger partial charge on any atom is -0.348 e. The lowest BCUT2D eigenvalue weighted by atomic mass is 10.2. The Morgan fingerprint density at radius 3 is 2.47 bits per heavy atom. The predicted molar refractivity (Wildman–Crippen MR) is 114 cm³/mol. The largest absolute Gasteiger partial charge is 0.348 e. The van der Waals surface area contributed by atoms with Gasteiger partial charge in [0, 0.05) is 26.2 Å². The van der Waals surface area contributed by atoms with Gasteiger partial charge in [0.25, 0.3) is 0 Å². The van der Waals surface area contributed by atoms with Crippen LogP contribution in [0.25, 0.3) is 11.0 Å². The van der Waals surface area contributed by atoms with Gasteiger partial charge in [0.2, 0.25) is 15.9 Å². The van der Waals surface area contributed by atoms with E-state index in [2.05, 4.69) is 15.3 Å². The molecular weight excluding hydrogens is 402 g/mol. The zero-order valence-corrected chi connectivity index (χ0v) is 17.7. The van der Waals surface area contributed by atoms with Gasteiger partial charge >= 0.3 is 0 Å². The number of benzene rings is 2. The minimum absolute atomic E-state index is 0.106. The number of aromatic amines is 1. The van der Waals surface area contributed by atoms with Crippen LogP contribution in [-0.2, 0) is 21.4 Å². The van der Waals surface area contributed by atoms with Crippen LogP contribution in [0.4, 0.5) is 0 Å². The maximum Gasteiger partial charge on any atom is 0.243 e. The first-order valence-electron chi connectivity index (χ1n) is 9.91. The molecule has 30 heavy (non-hydrogen) atoms. The number of para-hydroxylation sites is 2. The number of carbonyl (C=O) groups is 1. The SMILES string of the molecule is Cc1ccc(S(=O)(=O)N2CCN(CC(=O)NCc3nc4ccccc4[nH]3)CC2)cc1. The number of fused-ring (bicyclic) bond motifs is 1. The number of H-pyrrole nitrogens is 1. The molecule has 8 nitrogen and oxygen atoms in total. The van der Waals surface area contributed by atoms with Gasteiger partial charge in [-0.1, -0.05) is 29.8 Å². The molecule has 0 saturated carbocycles. The summed E-state index contributed by atoms with van der Waals surface area (Å²) in [6, 6.07) is 14.6. The number of sulfonamides is 1. The number of nitrogens with zero attached hydrogens (tertiary/aromatic N) is 3. The van der Waals surface area contributed by atoms with Crippen LogP contribution >= 0.6 is 0 Å². The second kappa shape index (κ2) is 8.55. The Balaban J connectivity index is 1.27. The van der Waals surface area contributed by atoms with Crippen molar-refractivity contribution in [3.63, 3.8) is 0 Å². The van der Waals surface area contributed by atoms with E-state index in [0.717, 1.165) is 16.6 Å². The summed E-state index contributed by atoms with van der Waals surface area (Å²) in [4.78, 5) is 22.2. The standard InChI is InChI=1S/C21H25N5O3S/c1-16-6-8-17(9-7-16)30(28,29)26-12-10-25(11-13-26)15-21(27)22-14-20-23-18-4-2-3-5-19(18)24-20/h2-9H,10-15H2,1H3,(H,22,27)(H,23,24). The molecule has 9 heteroatoms. The number of aromatic nitrogens is 2. The van der Waals surface area contributed by atoms with Crippen molar-refractivity contribution >= 4 is 27.0 Å². The molecule has 0 unspecified atom stereocenters. The first-order chi connectivity index (χ1) is 14.4. The summed E-state index contributed by atoms with van der Waals surface area (Å²) in [6.45, 7) is 4.26. The van der Waals surface area contributed by atoms with Crippen molar-refractivity contribution in [3.8, 4) is 0 Å². The molecule has 158 valence electrons. The van der Waals surface area contributed by atoms with E-state index in [1.54, 1.807) is 24.3 Å². The first-order valence-corrected chi connectivity index (χ1v) is 11.4. The number of rotatable bonds is 6. The highest BCUT2D eigenvalue weighted by atomic mass is 32.2. The molecule has 2 N–H and O–H groups in total. The summed E-state index contributed by atoms with van der Waals surface area (Å²) >= 11 is 0. The molecule has 0 bridgehead atoms. The molecule has 1 saturated heterocycles. The van der Waals surface area contributed by atoms with Crippen molar-refractivity contribution in [1.29, 1.82) is 0 Å².